The summed E-state index contributed by atoms with van der Waals surface area (Å²) in [6, 6.07) is 0.372. The number of rotatable bonds is 3. The maximum atomic E-state index is 4.33. The Kier molecular flexibility index (Phi) is 3.05. The van der Waals surface area contributed by atoms with Crippen molar-refractivity contribution in [3.05, 3.63) is 11.6 Å². The van der Waals surface area contributed by atoms with Crippen LogP contribution in [-0.4, -0.2) is 21.3 Å². The molecule has 1 N–H and O–H groups in total. The lowest BCUT2D eigenvalue weighted by molar-refractivity contribution is 0.335. The van der Waals surface area contributed by atoms with E-state index in [9.17, 15) is 0 Å². The molecule has 15 heavy (non-hydrogen) atoms. The van der Waals surface area contributed by atoms with Crippen LogP contribution in [0.1, 0.15) is 44.9 Å². The molecule has 2 rings (SSSR count). The maximum Gasteiger partial charge on any atom is 0.150 e. The molecule has 0 aromatic carbocycles. The van der Waals surface area contributed by atoms with E-state index in [0.29, 0.717) is 12.0 Å². The van der Waals surface area contributed by atoms with Gasteiger partial charge in [0.1, 0.15) is 5.82 Å². The molecular formula is C11H20N4. The summed E-state index contributed by atoms with van der Waals surface area (Å²) in [6.45, 7) is 8.68. The number of aromatic nitrogens is 3. The van der Waals surface area contributed by atoms with Crippen LogP contribution in [0.3, 0.4) is 0 Å². The zero-order chi connectivity index (χ0) is 10.8. The Morgan fingerprint density at radius 3 is 2.93 bits per heavy atom. The lowest BCUT2D eigenvalue weighted by atomic mass is 10.0. The minimum absolute atomic E-state index is 0.372. The second kappa shape index (κ2) is 4.31. The molecule has 0 spiro atoms. The fourth-order valence-electron chi connectivity index (χ4n) is 2.19. The molecule has 0 aliphatic carbocycles. The minimum atomic E-state index is 0.372. The summed E-state index contributed by atoms with van der Waals surface area (Å²) in [4.78, 5) is 0. The topological polar surface area (TPSA) is 42.7 Å². The molecule has 1 unspecified atom stereocenters. The van der Waals surface area contributed by atoms with Crippen molar-refractivity contribution in [3.8, 4) is 0 Å². The van der Waals surface area contributed by atoms with Gasteiger partial charge >= 0.3 is 0 Å². The summed E-state index contributed by atoms with van der Waals surface area (Å²) in [7, 11) is 0. The molecule has 0 fully saturated rings. The van der Waals surface area contributed by atoms with Gasteiger partial charge in [-0.25, -0.2) is 0 Å². The zero-order valence-electron chi connectivity index (χ0n) is 9.82. The molecule has 1 aromatic rings. The summed E-state index contributed by atoms with van der Waals surface area (Å²) < 4.78 is 2.30. The van der Waals surface area contributed by atoms with Crippen molar-refractivity contribution in [2.24, 2.45) is 5.92 Å². The number of hydrogen-bond donors (Lipinski definition) is 1. The first-order valence-corrected chi connectivity index (χ1v) is 5.89. The van der Waals surface area contributed by atoms with Crippen LogP contribution in [0, 0.1) is 5.92 Å². The molecule has 0 radical (unpaired) electrons. The predicted octanol–water partition coefficient (Wildman–Crippen LogP) is 1.53. The number of fused-ring (bicyclic) bond motifs is 1. The molecule has 0 saturated carbocycles. The molecule has 0 saturated heterocycles. The molecular weight excluding hydrogens is 188 g/mol. The standard InChI is InChI=1S/C11H20N4/c1-4-5-9-13-14-11-10(8(2)3)12-6-7-15(9)11/h8,10,12H,4-7H2,1-3H3. The first kappa shape index (κ1) is 10.6. The largest absolute Gasteiger partial charge is 0.312 e. The van der Waals surface area contributed by atoms with E-state index < -0.39 is 0 Å². The molecule has 1 aliphatic heterocycles. The first-order valence-electron chi connectivity index (χ1n) is 5.89. The normalized spacial score (nSPS) is 20.7. The van der Waals surface area contributed by atoms with Gasteiger partial charge in [0.2, 0.25) is 0 Å². The Hall–Kier alpha value is -0.900. The molecule has 84 valence electrons. The van der Waals surface area contributed by atoms with Gasteiger partial charge in [-0.3, -0.25) is 0 Å². The third-order valence-corrected chi connectivity index (χ3v) is 2.97. The van der Waals surface area contributed by atoms with E-state index in [0.717, 1.165) is 37.6 Å². The quantitative estimate of drug-likeness (QED) is 0.819. The number of aryl methyl sites for hydroxylation is 1. The Labute approximate surface area is 91.1 Å². The highest BCUT2D eigenvalue weighted by Crippen LogP contribution is 2.23. The molecule has 2 heterocycles. The smallest absolute Gasteiger partial charge is 0.150 e. The van der Waals surface area contributed by atoms with Crippen LogP contribution in [0.4, 0.5) is 0 Å². The lowest BCUT2D eigenvalue weighted by Gasteiger charge is -2.27. The minimum Gasteiger partial charge on any atom is -0.312 e. The highest BCUT2D eigenvalue weighted by Gasteiger charge is 2.26. The van der Waals surface area contributed by atoms with Crippen LogP contribution in [0.15, 0.2) is 0 Å². The number of hydrogen-bond acceptors (Lipinski definition) is 3. The van der Waals surface area contributed by atoms with E-state index in [1.54, 1.807) is 0 Å². The van der Waals surface area contributed by atoms with Gasteiger partial charge in [0, 0.05) is 19.5 Å². The second-order valence-electron chi connectivity index (χ2n) is 4.55. The van der Waals surface area contributed by atoms with Crippen molar-refractivity contribution in [1.29, 1.82) is 0 Å². The first-order chi connectivity index (χ1) is 7.24. The van der Waals surface area contributed by atoms with Crippen molar-refractivity contribution < 1.29 is 0 Å². The molecule has 4 nitrogen and oxygen atoms in total. The second-order valence-corrected chi connectivity index (χ2v) is 4.55. The van der Waals surface area contributed by atoms with Gasteiger partial charge in [-0.05, 0) is 12.3 Å². The van der Waals surface area contributed by atoms with Crippen molar-refractivity contribution in [1.82, 2.24) is 20.1 Å². The van der Waals surface area contributed by atoms with E-state index in [1.165, 1.54) is 0 Å². The van der Waals surface area contributed by atoms with Gasteiger partial charge in [0.15, 0.2) is 5.82 Å². The van der Waals surface area contributed by atoms with Crippen molar-refractivity contribution in [2.45, 2.75) is 46.2 Å². The fourth-order valence-corrected chi connectivity index (χ4v) is 2.19. The van der Waals surface area contributed by atoms with Crippen LogP contribution in [0.5, 0.6) is 0 Å². The third-order valence-electron chi connectivity index (χ3n) is 2.97. The summed E-state index contributed by atoms with van der Waals surface area (Å²) in [5.74, 6) is 2.85. The molecule has 4 heteroatoms. The van der Waals surface area contributed by atoms with E-state index in [1.807, 2.05) is 0 Å². The van der Waals surface area contributed by atoms with E-state index in [4.69, 9.17) is 0 Å². The molecule has 1 aromatic heterocycles. The summed E-state index contributed by atoms with van der Waals surface area (Å²) in [5, 5.41) is 12.1. The Balaban J connectivity index is 2.29. The highest BCUT2D eigenvalue weighted by atomic mass is 15.3. The average molecular weight is 208 g/mol. The van der Waals surface area contributed by atoms with Gasteiger partial charge in [-0.2, -0.15) is 0 Å². The van der Waals surface area contributed by atoms with Gasteiger partial charge in [-0.1, -0.05) is 20.8 Å². The van der Waals surface area contributed by atoms with Crippen LogP contribution in [0.25, 0.3) is 0 Å². The van der Waals surface area contributed by atoms with Gasteiger partial charge < -0.3 is 9.88 Å². The predicted molar refractivity (Wildman–Crippen MR) is 59.6 cm³/mol. The SMILES string of the molecule is CCCc1nnc2n1CCNC2C(C)C. The number of nitrogens with one attached hydrogen (secondary N) is 1. The molecule has 0 amide bonds. The van der Waals surface area contributed by atoms with Gasteiger partial charge in [-0.15, -0.1) is 10.2 Å². The Morgan fingerprint density at radius 2 is 2.27 bits per heavy atom. The van der Waals surface area contributed by atoms with Crippen molar-refractivity contribution >= 4 is 0 Å². The highest BCUT2D eigenvalue weighted by molar-refractivity contribution is 5.05. The fraction of sp³-hybridized carbons (Fsp3) is 0.818. The Bertz CT molecular complexity index is 329. The summed E-state index contributed by atoms with van der Waals surface area (Å²) >= 11 is 0. The van der Waals surface area contributed by atoms with Crippen LogP contribution >= 0.6 is 0 Å². The van der Waals surface area contributed by atoms with E-state index in [-0.39, 0.29) is 0 Å². The van der Waals surface area contributed by atoms with Gasteiger partial charge in [0.25, 0.3) is 0 Å². The van der Waals surface area contributed by atoms with Gasteiger partial charge in [0.05, 0.1) is 6.04 Å². The zero-order valence-corrected chi connectivity index (χ0v) is 9.82. The monoisotopic (exact) mass is 208 g/mol. The maximum absolute atomic E-state index is 4.33. The number of nitrogens with zero attached hydrogens (tertiary/aromatic N) is 3. The Morgan fingerprint density at radius 1 is 1.47 bits per heavy atom. The van der Waals surface area contributed by atoms with Crippen molar-refractivity contribution in [2.75, 3.05) is 6.54 Å². The van der Waals surface area contributed by atoms with Crippen LogP contribution in [0.2, 0.25) is 0 Å². The molecule has 1 atom stereocenters. The van der Waals surface area contributed by atoms with Crippen molar-refractivity contribution in [3.63, 3.8) is 0 Å². The summed E-state index contributed by atoms with van der Waals surface area (Å²) in [6.07, 6.45) is 2.18. The average Bonchev–Trinajstić information content (AvgIpc) is 2.62. The van der Waals surface area contributed by atoms with Crippen LogP contribution in [-0.2, 0) is 13.0 Å². The van der Waals surface area contributed by atoms with Crippen LogP contribution < -0.4 is 5.32 Å². The summed E-state index contributed by atoms with van der Waals surface area (Å²) in [5.41, 5.74) is 0. The third kappa shape index (κ3) is 1.91. The van der Waals surface area contributed by atoms with E-state index >= 15 is 0 Å². The molecule has 1 aliphatic rings. The van der Waals surface area contributed by atoms with E-state index in [2.05, 4.69) is 40.9 Å². The lowest BCUT2D eigenvalue weighted by Crippen LogP contribution is -2.36. The molecule has 0 bridgehead atoms.